The zero-order valence-corrected chi connectivity index (χ0v) is 12.9. The summed E-state index contributed by atoms with van der Waals surface area (Å²) in [5.74, 6) is -0.0691. The number of aryl methyl sites for hydroxylation is 1. The Morgan fingerprint density at radius 3 is 2.57 bits per heavy atom. The lowest BCUT2D eigenvalue weighted by Gasteiger charge is -2.02. The molecule has 4 heteroatoms. The van der Waals surface area contributed by atoms with E-state index in [1.165, 1.54) is 0 Å². The Morgan fingerprint density at radius 2 is 1.81 bits per heavy atom. The number of aliphatic imine (C=N–C) groups is 1. The van der Waals surface area contributed by atoms with Gasteiger partial charge >= 0.3 is 5.97 Å². The van der Waals surface area contributed by atoms with Crippen molar-refractivity contribution >= 4 is 33.9 Å². The van der Waals surface area contributed by atoms with Crippen molar-refractivity contribution in [2.24, 2.45) is 4.99 Å². The summed E-state index contributed by atoms with van der Waals surface area (Å²) in [6, 6.07) is 15.3. The van der Waals surface area contributed by atoms with Gasteiger partial charge in [-0.3, -0.25) is 0 Å². The van der Waals surface area contributed by atoms with Crippen LogP contribution in [0.4, 0.5) is 0 Å². The van der Waals surface area contributed by atoms with Gasteiger partial charge in [0.2, 0.25) is 5.90 Å². The molecule has 0 spiro atoms. The molecule has 0 N–H and O–H groups in total. The number of esters is 1. The van der Waals surface area contributed by atoms with E-state index in [0.717, 1.165) is 21.2 Å². The summed E-state index contributed by atoms with van der Waals surface area (Å²) in [7, 11) is 0. The first-order valence-electron chi connectivity index (χ1n) is 6.48. The predicted molar refractivity (Wildman–Crippen MR) is 85.9 cm³/mol. The van der Waals surface area contributed by atoms with Crippen LogP contribution in [-0.2, 0) is 9.53 Å². The van der Waals surface area contributed by atoms with Crippen LogP contribution in [-0.4, -0.2) is 11.9 Å². The zero-order valence-electron chi connectivity index (χ0n) is 11.3. The van der Waals surface area contributed by atoms with Crippen LogP contribution in [0.2, 0.25) is 0 Å². The molecule has 0 aliphatic carbocycles. The number of hydrogen-bond acceptors (Lipinski definition) is 3. The number of cyclic esters (lactones) is 1. The molecule has 3 nitrogen and oxygen atoms in total. The van der Waals surface area contributed by atoms with Gasteiger partial charge in [0.05, 0.1) is 0 Å². The summed E-state index contributed by atoms with van der Waals surface area (Å²) >= 11 is 3.45. The molecule has 0 bridgehead atoms. The Balaban J connectivity index is 2.00. The lowest BCUT2D eigenvalue weighted by molar-refractivity contribution is -0.129. The van der Waals surface area contributed by atoms with Gasteiger partial charge in [0.15, 0.2) is 5.70 Å². The molecule has 0 fully saturated rings. The second-order valence-electron chi connectivity index (χ2n) is 4.67. The quantitative estimate of drug-likeness (QED) is 0.609. The Kier molecular flexibility index (Phi) is 3.71. The van der Waals surface area contributed by atoms with Crippen LogP contribution >= 0.6 is 15.9 Å². The van der Waals surface area contributed by atoms with Crippen LogP contribution in [0.3, 0.4) is 0 Å². The van der Waals surface area contributed by atoms with Crippen LogP contribution in [0.1, 0.15) is 16.7 Å². The summed E-state index contributed by atoms with van der Waals surface area (Å²) < 4.78 is 6.19. The highest BCUT2D eigenvalue weighted by Crippen LogP contribution is 2.24. The first-order valence-corrected chi connectivity index (χ1v) is 7.27. The standard InChI is InChI=1S/C17H12BrNO2/c1-11-6-2-4-8-13(11)16-19-15(17(20)21-16)10-12-7-3-5-9-14(12)18/h2-10H,1H3/b15-10+. The van der Waals surface area contributed by atoms with Gasteiger partial charge in [0.25, 0.3) is 0 Å². The minimum absolute atomic E-state index is 0.306. The minimum atomic E-state index is -0.427. The van der Waals surface area contributed by atoms with Crippen molar-refractivity contribution in [3.05, 3.63) is 75.4 Å². The SMILES string of the molecule is Cc1ccccc1C1=N/C(=C/c2ccccc2Br)C(=O)O1. The van der Waals surface area contributed by atoms with Crippen molar-refractivity contribution in [1.82, 2.24) is 0 Å². The first kappa shape index (κ1) is 13.8. The first-order chi connectivity index (χ1) is 10.1. The number of carbonyl (C=O) groups is 1. The summed E-state index contributed by atoms with van der Waals surface area (Å²) in [6.45, 7) is 1.96. The van der Waals surface area contributed by atoms with Crippen LogP contribution in [0.15, 0.2) is 63.7 Å². The van der Waals surface area contributed by atoms with E-state index in [2.05, 4.69) is 20.9 Å². The van der Waals surface area contributed by atoms with E-state index in [-0.39, 0.29) is 0 Å². The molecule has 0 amide bonds. The average Bonchev–Trinajstić information content (AvgIpc) is 2.83. The number of rotatable bonds is 2. The average molecular weight is 342 g/mol. The maximum absolute atomic E-state index is 12.0. The van der Waals surface area contributed by atoms with Crippen molar-refractivity contribution in [2.45, 2.75) is 6.92 Å². The van der Waals surface area contributed by atoms with Gasteiger partial charge in [-0.2, -0.15) is 0 Å². The molecule has 0 saturated carbocycles. The van der Waals surface area contributed by atoms with Gasteiger partial charge in [-0.1, -0.05) is 52.3 Å². The lowest BCUT2D eigenvalue weighted by atomic mass is 10.1. The molecule has 1 heterocycles. The van der Waals surface area contributed by atoms with Crippen LogP contribution < -0.4 is 0 Å². The van der Waals surface area contributed by atoms with E-state index in [4.69, 9.17) is 4.74 Å². The van der Waals surface area contributed by atoms with Gasteiger partial charge in [-0.15, -0.1) is 0 Å². The van der Waals surface area contributed by atoms with Gasteiger partial charge in [0, 0.05) is 10.0 Å². The maximum atomic E-state index is 12.0. The number of nitrogens with zero attached hydrogens (tertiary/aromatic N) is 1. The molecule has 0 unspecified atom stereocenters. The van der Waals surface area contributed by atoms with E-state index >= 15 is 0 Å². The highest BCUT2D eigenvalue weighted by Gasteiger charge is 2.25. The second-order valence-corrected chi connectivity index (χ2v) is 5.53. The number of halogens is 1. The molecule has 0 aromatic heterocycles. The van der Waals surface area contributed by atoms with E-state index in [1.807, 2.05) is 55.5 Å². The second kappa shape index (κ2) is 5.66. The van der Waals surface area contributed by atoms with E-state index < -0.39 is 5.97 Å². The summed E-state index contributed by atoms with van der Waals surface area (Å²) in [6.07, 6.45) is 1.72. The molecule has 2 aromatic carbocycles. The topological polar surface area (TPSA) is 38.7 Å². The number of ether oxygens (including phenoxy) is 1. The Hall–Kier alpha value is -2.20. The van der Waals surface area contributed by atoms with E-state index in [9.17, 15) is 4.79 Å². The third kappa shape index (κ3) is 2.81. The molecule has 104 valence electrons. The van der Waals surface area contributed by atoms with Crippen molar-refractivity contribution in [2.75, 3.05) is 0 Å². The molecule has 1 aliphatic heterocycles. The van der Waals surface area contributed by atoms with E-state index in [0.29, 0.717) is 11.6 Å². The van der Waals surface area contributed by atoms with Crippen molar-refractivity contribution < 1.29 is 9.53 Å². The molecule has 2 aromatic rings. The van der Waals surface area contributed by atoms with E-state index in [1.54, 1.807) is 6.08 Å². The number of benzene rings is 2. The van der Waals surface area contributed by atoms with Crippen molar-refractivity contribution in [3.8, 4) is 0 Å². The Labute approximate surface area is 131 Å². The molecular formula is C17H12BrNO2. The normalized spacial score (nSPS) is 16.0. The molecule has 0 saturated heterocycles. The fourth-order valence-electron chi connectivity index (χ4n) is 2.08. The zero-order chi connectivity index (χ0) is 14.8. The molecule has 0 radical (unpaired) electrons. The summed E-state index contributed by atoms with van der Waals surface area (Å²) in [5.41, 5.74) is 3.05. The highest BCUT2D eigenvalue weighted by atomic mass is 79.9. The van der Waals surface area contributed by atoms with Crippen LogP contribution in [0.5, 0.6) is 0 Å². The van der Waals surface area contributed by atoms with Crippen LogP contribution in [0, 0.1) is 6.92 Å². The number of carbonyl (C=O) groups excluding carboxylic acids is 1. The Morgan fingerprint density at radius 1 is 1.10 bits per heavy atom. The maximum Gasteiger partial charge on any atom is 0.363 e. The molecule has 21 heavy (non-hydrogen) atoms. The largest absolute Gasteiger partial charge is 0.402 e. The lowest BCUT2D eigenvalue weighted by Crippen LogP contribution is -2.06. The highest BCUT2D eigenvalue weighted by molar-refractivity contribution is 9.10. The van der Waals surface area contributed by atoms with Gasteiger partial charge < -0.3 is 4.74 Å². The molecular weight excluding hydrogens is 330 g/mol. The molecule has 1 aliphatic rings. The van der Waals surface area contributed by atoms with Crippen molar-refractivity contribution in [1.29, 1.82) is 0 Å². The predicted octanol–water partition coefficient (Wildman–Crippen LogP) is 4.10. The van der Waals surface area contributed by atoms with Gasteiger partial charge in [-0.05, 0) is 36.3 Å². The fourth-order valence-corrected chi connectivity index (χ4v) is 2.48. The summed E-state index contributed by atoms with van der Waals surface area (Å²) in [5, 5.41) is 0. The smallest absolute Gasteiger partial charge is 0.363 e. The van der Waals surface area contributed by atoms with Gasteiger partial charge in [-0.25, -0.2) is 9.79 Å². The number of hydrogen-bond donors (Lipinski definition) is 0. The van der Waals surface area contributed by atoms with Crippen LogP contribution in [0.25, 0.3) is 6.08 Å². The van der Waals surface area contributed by atoms with Gasteiger partial charge in [0.1, 0.15) is 0 Å². The summed E-state index contributed by atoms with van der Waals surface area (Å²) in [4.78, 5) is 16.3. The molecule has 0 atom stereocenters. The fraction of sp³-hybridized carbons (Fsp3) is 0.0588. The third-order valence-corrected chi connectivity index (χ3v) is 3.92. The van der Waals surface area contributed by atoms with Crippen molar-refractivity contribution in [3.63, 3.8) is 0 Å². The minimum Gasteiger partial charge on any atom is -0.402 e. The Bertz CT molecular complexity index is 778. The molecule has 3 rings (SSSR count). The monoisotopic (exact) mass is 341 g/mol. The third-order valence-electron chi connectivity index (χ3n) is 3.19.